The highest BCUT2D eigenvalue weighted by atomic mass is 16.3. The van der Waals surface area contributed by atoms with Crippen LogP contribution in [0.5, 0.6) is 0 Å². The Bertz CT molecular complexity index is 745. The minimum absolute atomic E-state index is 0.331. The molecule has 1 saturated carbocycles. The van der Waals surface area contributed by atoms with Gasteiger partial charge in [-0.3, -0.25) is 4.99 Å². The number of guanidine groups is 1. The Hall–Kier alpha value is -2.31. The first-order chi connectivity index (χ1) is 13.3. The summed E-state index contributed by atoms with van der Waals surface area (Å²) in [6.45, 7) is 3.52. The van der Waals surface area contributed by atoms with Crippen molar-refractivity contribution in [2.45, 2.75) is 76.9 Å². The van der Waals surface area contributed by atoms with Crippen LogP contribution in [0.15, 0.2) is 27.8 Å². The topological polar surface area (TPSA) is 80.3 Å². The average Bonchev–Trinajstić information content (AvgIpc) is 3.31. The Balaban J connectivity index is 1.38. The van der Waals surface area contributed by atoms with Gasteiger partial charge in [-0.15, -0.1) is 0 Å². The summed E-state index contributed by atoms with van der Waals surface area (Å²) in [6.07, 6.45) is 11.0. The molecule has 0 radical (unpaired) electrons. The summed E-state index contributed by atoms with van der Waals surface area (Å²) in [5, 5.41) is 11.8. The lowest BCUT2D eigenvalue weighted by Gasteiger charge is -2.29. The maximum Gasteiger partial charge on any atom is 0.191 e. The van der Waals surface area contributed by atoms with Gasteiger partial charge in [0.05, 0.1) is 12.8 Å². The van der Waals surface area contributed by atoms with E-state index in [1.54, 1.807) is 6.26 Å². The summed E-state index contributed by atoms with van der Waals surface area (Å²) in [5.41, 5.74) is 0. The van der Waals surface area contributed by atoms with Crippen LogP contribution in [0, 0.1) is 6.92 Å². The fourth-order valence-electron chi connectivity index (χ4n) is 4.05. The van der Waals surface area contributed by atoms with Gasteiger partial charge in [-0.2, -0.15) is 5.10 Å². The molecule has 0 saturated heterocycles. The van der Waals surface area contributed by atoms with Gasteiger partial charge in [-0.05, 0) is 38.3 Å². The van der Waals surface area contributed by atoms with E-state index in [1.807, 2.05) is 23.7 Å². The van der Waals surface area contributed by atoms with Crippen molar-refractivity contribution in [3.63, 3.8) is 0 Å². The van der Waals surface area contributed by atoms with Gasteiger partial charge in [0.2, 0.25) is 0 Å². The predicted molar refractivity (Wildman–Crippen MR) is 105 cm³/mol. The van der Waals surface area contributed by atoms with Crippen molar-refractivity contribution in [2.75, 3.05) is 6.54 Å². The van der Waals surface area contributed by atoms with Gasteiger partial charge in [0.25, 0.3) is 0 Å². The van der Waals surface area contributed by atoms with Gasteiger partial charge in [0.1, 0.15) is 17.4 Å². The molecule has 2 aliphatic rings. The van der Waals surface area contributed by atoms with E-state index in [0.29, 0.717) is 12.1 Å². The van der Waals surface area contributed by atoms with Crippen molar-refractivity contribution in [1.29, 1.82) is 0 Å². The van der Waals surface area contributed by atoms with Gasteiger partial charge in [0.15, 0.2) is 5.96 Å². The zero-order valence-electron chi connectivity index (χ0n) is 16.2. The van der Waals surface area contributed by atoms with E-state index in [2.05, 4.69) is 20.7 Å². The zero-order valence-corrected chi connectivity index (χ0v) is 16.2. The molecule has 1 atom stereocenters. The van der Waals surface area contributed by atoms with E-state index in [0.717, 1.165) is 55.7 Å². The van der Waals surface area contributed by atoms with Gasteiger partial charge < -0.3 is 15.1 Å². The van der Waals surface area contributed by atoms with Gasteiger partial charge in [0, 0.05) is 31.5 Å². The van der Waals surface area contributed by atoms with E-state index < -0.39 is 0 Å². The standard InChI is InChI=1S/C20H30N6O/c1-15-22-19-10-9-17(14-26(19)25-15)24-20(23-16-6-3-2-4-7-16)21-12-11-18-8-5-13-27-18/h5,8,13,16-17H,2-4,6-7,9-12,14H2,1H3,(H2,21,23,24). The lowest BCUT2D eigenvalue weighted by atomic mass is 9.96. The second kappa shape index (κ2) is 8.59. The van der Waals surface area contributed by atoms with Crippen LogP contribution in [0.2, 0.25) is 0 Å². The summed E-state index contributed by atoms with van der Waals surface area (Å²) in [7, 11) is 0. The Kier molecular flexibility index (Phi) is 5.75. The maximum atomic E-state index is 5.43. The van der Waals surface area contributed by atoms with Crippen molar-refractivity contribution in [3.8, 4) is 0 Å². The molecule has 1 aliphatic carbocycles. The fraction of sp³-hybridized carbons (Fsp3) is 0.650. The Labute approximate surface area is 160 Å². The lowest BCUT2D eigenvalue weighted by molar-refractivity contribution is 0.379. The quantitative estimate of drug-likeness (QED) is 0.625. The van der Waals surface area contributed by atoms with Crippen LogP contribution in [-0.4, -0.2) is 39.4 Å². The lowest BCUT2D eigenvalue weighted by Crippen LogP contribution is -2.50. The molecule has 27 heavy (non-hydrogen) atoms. The smallest absolute Gasteiger partial charge is 0.191 e. The first kappa shape index (κ1) is 18.1. The molecular weight excluding hydrogens is 340 g/mol. The van der Waals surface area contributed by atoms with Crippen LogP contribution in [0.25, 0.3) is 0 Å². The zero-order chi connectivity index (χ0) is 18.5. The van der Waals surface area contributed by atoms with Crippen LogP contribution < -0.4 is 10.6 Å². The molecule has 3 heterocycles. The minimum Gasteiger partial charge on any atom is -0.469 e. The Morgan fingerprint density at radius 1 is 1.22 bits per heavy atom. The van der Waals surface area contributed by atoms with E-state index in [1.165, 1.54) is 32.1 Å². The SMILES string of the molecule is Cc1nc2n(n1)CC(NC(=NCCc1ccco1)NC1CCCCC1)CC2. The molecule has 7 heteroatoms. The Morgan fingerprint density at radius 2 is 2.07 bits per heavy atom. The van der Waals surface area contributed by atoms with E-state index in [4.69, 9.17) is 9.41 Å². The molecule has 2 aromatic rings. The van der Waals surface area contributed by atoms with E-state index in [-0.39, 0.29) is 0 Å². The van der Waals surface area contributed by atoms with Crippen molar-refractivity contribution < 1.29 is 4.42 Å². The summed E-state index contributed by atoms with van der Waals surface area (Å²) < 4.78 is 7.47. The average molecular weight is 371 g/mol. The minimum atomic E-state index is 0.331. The largest absolute Gasteiger partial charge is 0.469 e. The highest BCUT2D eigenvalue weighted by Crippen LogP contribution is 2.18. The molecule has 0 bridgehead atoms. The third-order valence-electron chi connectivity index (χ3n) is 5.46. The monoisotopic (exact) mass is 370 g/mol. The number of fused-ring (bicyclic) bond motifs is 1. The number of rotatable bonds is 5. The fourth-order valence-corrected chi connectivity index (χ4v) is 4.05. The van der Waals surface area contributed by atoms with E-state index >= 15 is 0 Å². The molecule has 1 unspecified atom stereocenters. The molecule has 0 aromatic carbocycles. The van der Waals surface area contributed by atoms with Crippen molar-refractivity contribution in [2.24, 2.45) is 4.99 Å². The molecule has 4 rings (SSSR count). The second-order valence-electron chi connectivity index (χ2n) is 7.68. The number of hydrogen-bond donors (Lipinski definition) is 2. The summed E-state index contributed by atoms with van der Waals surface area (Å²) in [4.78, 5) is 9.34. The molecule has 146 valence electrons. The molecule has 2 aromatic heterocycles. The number of nitrogens with zero attached hydrogens (tertiary/aromatic N) is 4. The second-order valence-corrected chi connectivity index (χ2v) is 7.68. The van der Waals surface area contributed by atoms with Crippen molar-refractivity contribution in [3.05, 3.63) is 35.8 Å². The summed E-state index contributed by atoms with van der Waals surface area (Å²) in [5.74, 6) is 3.87. The number of nitrogens with one attached hydrogen (secondary N) is 2. The van der Waals surface area contributed by atoms with Crippen LogP contribution >= 0.6 is 0 Å². The predicted octanol–water partition coefficient (Wildman–Crippen LogP) is 2.60. The Morgan fingerprint density at radius 3 is 2.89 bits per heavy atom. The third kappa shape index (κ3) is 4.90. The van der Waals surface area contributed by atoms with Gasteiger partial charge >= 0.3 is 0 Å². The maximum absolute atomic E-state index is 5.43. The van der Waals surface area contributed by atoms with Crippen molar-refractivity contribution in [1.82, 2.24) is 25.4 Å². The van der Waals surface area contributed by atoms with Crippen molar-refractivity contribution >= 4 is 5.96 Å². The first-order valence-corrected chi connectivity index (χ1v) is 10.3. The highest BCUT2D eigenvalue weighted by Gasteiger charge is 2.23. The molecule has 1 aliphatic heterocycles. The van der Waals surface area contributed by atoms with Gasteiger partial charge in [-0.25, -0.2) is 9.67 Å². The number of aliphatic imine (C=N–C) groups is 1. The molecular formula is C20H30N6O. The molecule has 0 spiro atoms. The van der Waals surface area contributed by atoms with Gasteiger partial charge in [-0.1, -0.05) is 19.3 Å². The van der Waals surface area contributed by atoms with Crippen LogP contribution in [0.1, 0.15) is 55.9 Å². The summed E-state index contributed by atoms with van der Waals surface area (Å²) in [6, 6.07) is 4.80. The first-order valence-electron chi connectivity index (χ1n) is 10.3. The number of furan rings is 1. The summed E-state index contributed by atoms with van der Waals surface area (Å²) >= 11 is 0. The number of aryl methyl sites for hydroxylation is 2. The van der Waals surface area contributed by atoms with E-state index in [9.17, 15) is 0 Å². The molecule has 2 N–H and O–H groups in total. The number of hydrogen-bond acceptors (Lipinski definition) is 4. The third-order valence-corrected chi connectivity index (χ3v) is 5.46. The van der Waals surface area contributed by atoms with Crippen LogP contribution in [0.4, 0.5) is 0 Å². The normalized spacial score (nSPS) is 21.1. The number of aromatic nitrogens is 3. The molecule has 0 amide bonds. The molecule has 1 fully saturated rings. The highest BCUT2D eigenvalue weighted by molar-refractivity contribution is 5.80. The van der Waals surface area contributed by atoms with Crippen LogP contribution in [-0.2, 0) is 19.4 Å². The van der Waals surface area contributed by atoms with Crippen LogP contribution in [0.3, 0.4) is 0 Å². The molecule has 7 nitrogen and oxygen atoms in total.